The van der Waals surface area contributed by atoms with Gasteiger partial charge in [-0.15, -0.1) is 12.4 Å². The number of aromatic nitrogens is 1. The van der Waals surface area contributed by atoms with Gasteiger partial charge in [0.15, 0.2) is 0 Å². The number of rotatable bonds is 4. The number of aliphatic carboxylic acids is 1. The van der Waals surface area contributed by atoms with Crippen molar-refractivity contribution in [3.63, 3.8) is 0 Å². The molecule has 94 valence electrons. The van der Waals surface area contributed by atoms with E-state index in [0.29, 0.717) is 0 Å². The molecule has 0 unspecified atom stereocenters. The summed E-state index contributed by atoms with van der Waals surface area (Å²) in [5.41, 5.74) is 4.98. The van der Waals surface area contributed by atoms with Gasteiger partial charge in [-0.2, -0.15) is 0 Å². The lowest BCUT2D eigenvalue weighted by molar-refractivity contribution is -0.138. The molecule has 0 aliphatic carbocycles. The predicted octanol–water partition coefficient (Wildman–Crippen LogP) is -1.72. The highest BCUT2D eigenvalue weighted by atomic mass is 35.5. The Labute approximate surface area is 103 Å². The van der Waals surface area contributed by atoms with Gasteiger partial charge < -0.3 is 20.9 Å². The van der Waals surface area contributed by atoms with Crippen molar-refractivity contribution >= 4 is 31.0 Å². The maximum atomic E-state index is 13.3. The van der Waals surface area contributed by atoms with E-state index in [1.54, 1.807) is 0 Å². The monoisotopic (exact) mass is 264 g/mol. The van der Waals surface area contributed by atoms with E-state index in [2.05, 4.69) is 4.98 Å². The van der Waals surface area contributed by atoms with E-state index in [1.807, 2.05) is 0 Å². The van der Waals surface area contributed by atoms with Crippen LogP contribution in [0.2, 0.25) is 0 Å². The van der Waals surface area contributed by atoms with Crippen LogP contribution in [-0.4, -0.2) is 39.3 Å². The van der Waals surface area contributed by atoms with Gasteiger partial charge in [0.25, 0.3) is 0 Å². The summed E-state index contributed by atoms with van der Waals surface area (Å²) in [7, 11) is -1.82. The van der Waals surface area contributed by atoms with Crippen molar-refractivity contribution in [3.05, 3.63) is 23.8 Å². The van der Waals surface area contributed by atoms with Gasteiger partial charge in [0.1, 0.15) is 11.9 Å². The molecule has 5 N–H and O–H groups in total. The summed E-state index contributed by atoms with van der Waals surface area (Å²) in [5.74, 6) is -2.07. The molecule has 6 nitrogen and oxygen atoms in total. The number of carbonyl (C=O) groups is 1. The molecule has 1 rings (SSSR count). The van der Waals surface area contributed by atoms with Crippen LogP contribution in [0.5, 0.6) is 0 Å². The molecule has 0 aromatic carbocycles. The Hall–Kier alpha value is -1.22. The second kappa shape index (κ2) is 6.50. The fourth-order valence-corrected chi connectivity index (χ4v) is 1.07. The summed E-state index contributed by atoms with van der Waals surface area (Å²) in [6.45, 7) is 0. The third-order valence-electron chi connectivity index (χ3n) is 1.97. The Morgan fingerprint density at radius 3 is 2.59 bits per heavy atom. The zero-order valence-electron chi connectivity index (χ0n) is 8.58. The first-order valence-electron chi connectivity index (χ1n) is 4.40. The van der Waals surface area contributed by atoms with Gasteiger partial charge in [-0.25, -0.2) is 4.39 Å². The van der Waals surface area contributed by atoms with Gasteiger partial charge >= 0.3 is 13.1 Å². The lowest BCUT2D eigenvalue weighted by atomic mass is 9.81. The minimum absolute atomic E-state index is 0. The zero-order chi connectivity index (χ0) is 12.3. The molecule has 0 aliphatic heterocycles. The number of hydrogen-bond donors (Lipinski definition) is 4. The van der Waals surface area contributed by atoms with Crippen LogP contribution in [0, 0.1) is 5.82 Å². The number of hydrogen-bond acceptors (Lipinski definition) is 5. The number of pyridine rings is 1. The van der Waals surface area contributed by atoms with Gasteiger partial charge in [-0.05, 0) is 6.07 Å². The van der Waals surface area contributed by atoms with E-state index in [4.69, 9.17) is 20.9 Å². The average molecular weight is 264 g/mol. The van der Waals surface area contributed by atoms with Crippen LogP contribution in [0.25, 0.3) is 0 Å². The highest BCUT2D eigenvalue weighted by molar-refractivity contribution is 6.58. The van der Waals surface area contributed by atoms with E-state index in [-0.39, 0.29) is 30.0 Å². The lowest BCUT2D eigenvalue weighted by Gasteiger charge is -2.07. The molecule has 1 atom stereocenters. The zero-order valence-corrected chi connectivity index (χ0v) is 9.39. The first-order chi connectivity index (χ1) is 7.41. The van der Waals surface area contributed by atoms with Crippen LogP contribution in [0.4, 0.5) is 4.39 Å². The molecule has 0 radical (unpaired) electrons. The third kappa shape index (κ3) is 4.27. The number of nitrogens with zero attached hydrogens (tertiary/aromatic N) is 1. The van der Waals surface area contributed by atoms with Crippen LogP contribution in [-0.2, 0) is 11.2 Å². The minimum Gasteiger partial charge on any atom is -0.480 e. The summed E-state index contributed by atoms with van der Waals surface area (Å²) < 4.78 is 13.3. The molecule has 0 saturated heterocycles. The molecule has 1 heterocycles. The molecule has 0 amide bonds. The Morgan fingerprint density at radius 2 is 2.18 bits per heavy atom. The van der Waals surface area contributed by atoms with Crippen LogP contribution < -0.4 is 11.2 Å². The van der Waals surface area contributed by atoms with Crippen molar-refractivity contribution in [1.82, 2.24) is 4.98 Å². The Balaban J connectivity index is 0.00000256. The molecule has 0 bridgehead atoms. The Morgan fingerprint density at radius 1 is 1.59 bits per heavy atom. The van der Waals surface area contributed by atoms with Crippen molar-refractivity contribution in [3.8, 4) is 0 Å². The number of carboxylic acids is 1. The molecular weight excluding hydrogens is 253 g/mol. The van der Waals surface area contributed by atoms with Crippen LogP contribution in [0.15, 0.2) is 12.3 Å². The molecule has 0 spiro atoms. The van der Waals surface area contributed by atoms with E-state index >= 15 is 0 Å². The highest BCUT2D eigenvalue weighted by Gasteiger charge is 2.18. The molecule has 17 heavy (non-hydrogen) atoms. The molecular formula is C8H11BClFN2O4. The second-order valence-corrected chi connectivity index (χ2v) is 3.22. The lowest BCUT2D eigenvalue weighted by Crippen LogP contribution is -2.34. The maximum absolute atomic E-state index is 13.3. The topological polar surface area (TPSA) is 117 Å². The fourth-order valence-electron chi connectivity index (χ4n) is 1.07. The third-order valence-corrected chi connectivity index (χ3v) is 1.97. The van der Waals surface area contributed by atoms with Gasteiger partial charge in [-0.3, -0.25) is 9.78 Å². The summed E-state index contributed by atoms with van der Waals surface area (Å²) in [5, 5.41) is 26.0. The highest BCUT2D eigenvalue weighted by Crippen LogP contribution is 2.04. The normalized spacial score (nSPS) is 11.5. The Bertz CT molecular complexity index is 407. The first kappa shape index (κ1) is 15.8. The van der Waals surface area contributed by atoms with Gasteiger partial charge in [-0.1, -0.05) is 0 Å². The SMILES string of the molecule is Cl.N[C@@H](Cc1ncc(B(O)O)cc1F)C(=O)O. The molecule has 0 aliphatic rings. The van der Waals surface area contributed by atoms with E-state index in [1.165, 1.54) is 0 Å². The summed E-state index contributed by atoms with van der Waals surface area (Å²) >= 11 is 0. The maximum Gasteiger partial charge on any atom is 0.490 e. The van der Waals surface area contributed by atoms with Crippen molar-refractivity contribution < 1.29 is 24.3 Å². The molecule has 1 aromatic heterocycles. The minimum atomic E-state index is -1.82. The summed E-state index contributed by atoms with van der Waals surface area (Å²) in [6.07, 6.45) is 0.792. The van der Waals surface area contributed by atoms with Crippen LogP contribution in [0.1, 0.15) is 5.69 Å². The van der Waals surface area contributed by atoms with Crippen LogP contribution >= 0.6 is 12.4 Å². The summed E-state index contributed by atoms with van der Waals surface area (Å²) in [4.78, 5) is 14.0. The number of nitrogens with two attached hydrogens (primary N) is 1. The largest absolute Gasteiger partial charge is 0.490 e. The van der Waals surface area contributed by atoms with E-state index in [0.717, 1.165) is 12.3 Å². The van der Waals surface area contributed by atoms with Crippen molar-refractivity contribution in [2.45, 2.75) is 12.5 Å². The van der Waals surface area contributed by atoms with E-state index < -0.39 is 24.9 Å². The molecule has 9 heteroatoms. The number of carboxylic acid groups (broad SMARTS) is 1. The van der Waals surface area contributed by atoms with Gasteiger partial charge in [0.05, 0.1) is 5.69 Å². The first-order valence-corrected chi connectivity index (χ1v) is 4.40. The standard InChI is InChI=1S/C8H10BFN2O4.ClH/c10-5-1-4(9(15)16)3-12-7(5)2-6(11)8(13)14;/h1,3,6,15-16H,2,11H2,(H,13,14);1H/t6-;/m0./s1. The van der Waals surface area contributed by atoms with Crippen LogP contribution in [0.3, 0.4) is 0 Å². The fraction of sp³-hybridized carbons (Fsp3) is 0.250. The predicted molar refractivity (Wildman–Crippen MR) is 60.6 cm³/mol. The van der Waals surface area contributed by atoms with Gasteiger partial charge in [0.2, 0.25) is 0 Å². The van der Waals surface area contributed by atoms with Crippen molar-refractivity contribution in [2.75, 3.05) is 0 Å². The smallest absolute Gasteiger partial charge is 0.480 e. The van der Waals surface area contributed by atoms with Crippen molar-refractivity contribution in [1.29, 1.82) is 0 Å². The molecule has 0 saturated carbocycles. The number of halogens is 2. The summed E-state index contributed by atoms with van der Waals surface area (Å²) in [6, 6.07) is -0.367. The van der Waals surface area contributed by atoms with Crippen molar-refractivity contribution in [2.24, 2.45) is 5.73 Å². The molecule has 1 aromatic rings. The second-order valence-electron chi connectivity index (χ2n) is 3.22. The van der Waals surface area contributed by atoms with E-state index in [9.17, 15) is 9.18 Å². The molecule has 0 fully saturated rings. The van der Waals surface area contributed by atoms with Gasteiger partial charge in [0, 0.05) is 18.1 Å². The Kier molecular flexibility index (Phi) is 6.04. The average Bonchev–Trinajstić information content (AvgIpc) is 2.20. The quantitative estimate of drug-likeness (QED) is 0.481.